The van der Waals surface area contributed by atoms with Gasteiger partial charge in [0, 0.05) is 16.0 Å². The molecule has 1 aliphatic carbocycles. The Morgan fingerprint density at radius 1 is 1.04 bits per heavy atom. The van der Waals surface area contributed by atoms with Crippen molar-refractivity contribution in [3.63, 3.8) is 0 Å². The minimum Gasteiger partial charge on any atom is -0.283 e. The van der Waals surface area contributed by atoms with Crippen molar-refractivity contribution in [1.29, 1.82) is 0 Å². The van der Waals surface area contributed by atoms with Crippen molar-refractivity contribution in [2.24, 2.45) is 0 Å². The van der Waals surface area contributed by atoms with Crippen molar-refractivity contribution in [2.75, 3.05) is 0 Å². The molecule has 0 amide bonds. The van der Waals surface area contributed by atoms with Gasteiger partial charge in [0.15, 0.2) is 0 Å². The second kappa shape index (κ2) is 6.72. The Balaban J connectivity index is 1.71. The van der Waals surface area contributed by atoms with E-state index in [1.807, 2.05) is 17.6 Å². The smallest absolute Gasteiger partial charge is 0.244 e. The normalized spacial score (nSPS) is 15.1. The van der Waals surface area contributed by atoms with Gasteiger partial charge in [-0.25, -0.2) is 0 Å². The third-order valence-corrected chi connectivity index (χ3v) is 6.18. The Hall–Kier alpha value is -2.00. The average Bonchev–Trinajstić information content (AvgIpc) is 2.97. The third-order valence-electron chi connectivity index (χ3n) is 5.08. The molecule has 0 N–H and O–H groups in total. The van der Waals surface area contributed by atoms with Crippen LogP contribution in [0.25, 0.3) is 10.9 Å². The number of carbonyl (C=O) groups is 1. The number of para-hydroxylation sites is 1. The molecule has 1 heterocycles. The standard InChI is InChI=1S/C22H23NOS/c1-15-11-13-17(14-12-15)25-16(2)22(24)23-20-9-5-3-7-18(20)19-8-4-6-10-21(19)23/h3,5,7,9,11-14,16H,4,6,8,10H2,1-2H3. The summed E-state index contributed by atoms with van der Waals surface area (Å²) in [5.74, 6) is 0.199. The second-order valence-electron chi connectivity index (χ2n) is 6.90. The molecule has 1 atom stereocenters. The maximum absolute atomic E-state index is 13.3. The Morgan fingerprint density at radius 2 is 1.76 bits per heavy atom. The summed E-state index contributed by atoms with van der Waals surface area (Å²) in [4.78, 5) is 14.5. The van der Waals surface area contributed by atoms with Crippen LogP contribution in [0.4, 0.5) is 0 Å². The topological polar surface area (TPSA) is 22.0 Å². The van der Waals surface area contributed by atoms with E-state index in [1.165, 1.54) is 35.0 Å². The Morgan fingerprint density at radius 3 is 2.56 bits per heavy atom. The van der Waals surface area contributed by atoms with Gasteiger partial charge in [0.25, 0.3) is 0 Å². The zero-order valence-corrected chi connectivity index (χ0v) is 15.6. The molecule has 0 fully saturated rings. The number of thioether (sulfide) groups is 1. The molecular formula is C22H23NOS. The molecule has 0 aliphatic heterocycles. The number of hydrogen-bond acceptors (Lipinski definition) is 2. The summed E-state index contributed by atoms with van der Waals surface area (Å²) in [5.41, 5.74) is 4.96. The molecule has 25 heavy (non-hydrogen) atoms. The van der Waals surface area contributed by atoms with Crippen LogP contribution in [0.3, 0.4) is 0 Å². The summed E-state index contributed by atoms with van der Waals surface area (Å²) in [5, 5.41) is 1.16. The van der Waals surface area contributed by atoms with Gasteiger partial charge in [0.05, 0.1) is 10.8 Å². The van der Waals surface area contributed by atoms with Gasteiger partial charge in [-0.1, -0.05) is 35.9 Å². The van der Waals surface area contributed by atoms with E-state index in [4.69, 9.17) is 0 Å². The van der Waals surface area contributed by atoms with Crippen molar-refractivity contribution in [1.82, 2.24) is 4.57 Å². The summed E-state index contributed by atoms with van der Waals surface area (Å²) >= 11 is 1.65. The molecule has 1 aromatic heterocycles. The highest BCUT2D eigenvalue weighted by atomic mass is 32.2. The lowest BCUT2D eigenvalue weighted by atomic mass is 9.95. The molecule has 0 bridgehead atoms. The van der Waals surface area contributed by atoms with Gasteiger partial charge in [-0.2, -0.15) is 0 Å². The van der Waals surface area contributed by atoms with Crippen molar-refractivity contribution in [2.45, 2.75) is 49.7 Å². The van der Waals surface area contributed by atoms with Crippen molar-refractivity contribution < 1.29 is 4.79 Å². The molecule has 0 radical (unpaired) electrons. The number of aromatic nitrogens is 1. The highest BCUT2D eigenvalue weighted by Gasteiger charge is 2.26. The van der Waals surface area contributed by atoms with Gasteiger partial charge in [0.1, 0.15) is 0 Å². The molecule has 3 heteroatoms. The molecule has 2 aromatic carbocycles. The van der Waals surface area contributed by atoms with Crippen LogP contribution in [0, 0.1) is 6.92 Å². The Labute approximate surface area is 153 Å². The van der Waals surface area contributed by atoms with Crippen LogP contribution < -0.4 is 0 Å². The van der Waals surface area contributed by atoms with Gasteiger partial charge < -0.3 is 0 Å². The van der Waals surface area contributed by atoms with Crippen LogP contribution in [-0.4, -0.2) is 15.7 Å². The SMILES string of the molecule is Cc1ccc(SC(C)C(=O)n2c3c(c4ccccc42)CCCC3)cc1. The first-order valence-electron chi connectivity index (χ1n) is 9.04. The van der Waals surface area contributed by atoms with E-state index in [1.54, 1.807) is 11.8 Å². The maximum atomic E-state index is 13.3. The quantitative estimate of drug-likeness (QED) is 0.570. The largest absolute Gasteiger partial charge is 0.283 e. The fraction of sp³-hybridized carbons (Fsp3) is 0.318. The summed E-state index contributed by atoms with van der Waals surface area (Å²) in [6, 6.07) is 16.8. The van der Waals surface area contributed by atoms with Crippen LogP contribution in [0.2, 0.25) is 0 Å². The number of rotatable bonds is 3. The third kappa shape index (κ3) is 3.02. The summed E-state index contributed by atoms with van der Waals surface area (Å²) < 4.78 is 2.01. The monoisotopic (exact) mass is 349 g/mol. The molecular weight excluding hydrogens is 326 g/mol. The van der Waals surface area contributed by atoms with Crippen LogP contribution in [0.1, 0.15) is 41.4 Å². The average molecular weight is 349 g/mol. The van der Waals surface area contributed by atoms with E-state index >= 15 is 0 Å². The molecule has 0 spiro atoms. The number of benzene rings is 2. The Bertz CT molecular complexity index is 923. The number of hydrogen-bond donors (Lipinski definition) is 0. The van der Waals surface area contributed by atoms with Gasteiger partial charge in [-0.3, -0.25) is 9.36 Å². The lowest BCUT2D eigenvalue weighted by Crippen LogP contribution is -2.24. The lowest BCUT2D eigenvalue weighted by Gasteiger charge is -2.18. The zero-order valence-electron chi connectivity index (χ0n) is 14.8. The lowest BCUT2D eigenvalue weighted by molar-refractivity contribution is 0.0917. The van der Waals surface area contributed by atoms with E-state index < -0.39 is 0 Å². The van der Waals surface area contributed by atoms with E-state index in [-0.39, 0.29) is 11.2 Å². The first-order valence-corrected chi connectivity index (χ1v) is 9.92. The zero-order chi connectivity index (χ0) is 17.4. The molecule has 128 valence electrons. The van der Waals surface area contributed by atoms with Gasteiger partial charge in [-0.15, -0.1) is 11.8 Å². The van der Waals surface area contributed by atoms with Gasteiger partial charge >= 0.3 is 0 Å². The molecule has 0 saturated carbocycles. The van der Waals surface area contributed by atoms with Crippen molar-refractivity contribution in [3.05, 3.63) is 65.4 Å². The highest BCUT2D eigenvalue weighted by Crippen LogP contribution is 2.34. The minimum atomic E-state index is -0.107. The van der Waals surface area contributed by atoms with Gasteiger partial charge in [0.2, 0.25) is 5.91 Å². The van der Waals surface area contributed by atoms with Crippen LogP contribution in [0.15, 0.2) is 53.4 Å². The minimum absolute atomic E-state index is 0.107. The fourth-order valence-corrected chi connectivity index (χ4v) is 4.71. The summed E-state index contributed by atoms with van der Waals surface area (Å²) in [6.07, 6.45) is 4.51. The van der Waals surface area contributed by atoms with Crippen LogP contribution >= 0.6 is 11.8 Å². The highest BCUT2D eigenvalue weighted by molar-refractivity contribution is 8.00. The predicted octanol–water partition coefficient (Wildman–Crippen LogP) is 5.65. The van der Waals surface area contributed by atoms with Crippen LogP contribution in [-0.2, 0) is 12.8 Å². The Kier molecular flexibility index (Phi) is 4.43. The molecule has 3 aromatic rings. The van der Waals surface area contributed by atoms with E-state index in [9.17, 15) is 4.79 Å². The number of carbonyl (C=O) groups excluding carboxylic acids is 1. The maximum Gasteiger partial charge on any atom is 0.244 e. The number of aryl methyl sites for hydroxylation is 2. The van der Waals surface area contributed by atoms with E-state index in [0.717, 1.165) is 23.3 Å². The van der Waals surface area contributed by atoms with E-state index in [0.29, 0.717) is 0 Å². The van der Waals surface area contributed by atoms with Crippen molar-refractivity contribution >= 4 is 28.6 Å². The number of nitrogens with zero attached hydrogens (tertiary/aromatic N) is 1. The second-order valence-corrected chi connectivity index (χ2v) is 8.31. The first-order chi connectivity index (χ1) is 12.1. The first kappa shape index (κ1) is 16.5. The predicted molar refractivity (Wildman–Crippen MR) is 106 cm³/mol. The van der Waals surface area contributed by atoms with Gasteiger partial charge in [-0.05, 0) is 63.3 Å². The van der Waals surface area contributed by atoms with Crippen molar-refractivity contribution in [3.8, 4) is 0 Å². The summed E-state index contributed by atoms with van der Waals surface area (Å²) in [7, 11) is 0. The van der Waals surface area contributed by atoms with E-state index in [2.05, 4.69) is 49.4 Å². The molecule has 0 saturated heterocycles. The molecule has 1 unspecified atom stereocenters. The fourth-order valence-electron chi connectivity index (χ4n) is 3.80. The number of fused-ring (bicyclic) bond motifs is 3. The molecule has 4 rings (SSSR count). The van der Waals surface area contributed by atoms with Crippen LogP contribution in [0.5, 0.6) is 0 Å². The molecule has 2 nitrogen and oxygen atoms in total. The summed E-state index contributed by atoms with van der Waals surface area (Å²) in [6.45, 7) is 4.11. The molecule has 1 aliphatic rings.